The van der Waals surface area contributed by atoms with Gasteiger partial charge in [-0.2, -0.15) is 0 Å². The molecule has 0 aromatic carbocycles. The highest BCUT2D eigenvalue weighted by Gasteiger charge is 2.36. The van der Waals surface area contributed by atoms with Crippen LogP contribution in [0.15, 0.2) is 17.1 Å². The summed E-state index contributed by atoms with van der Waals surface area (Å²) in [5.74, 6) is -1.79. The maximum absolute atomic E-state index is 14.5. The van der Waals surface area contributed by atoms with Gasteiger partial charge in [0.05, 0.1) is 5.39 Å². The van der Waals surface area contributed by atoms with Gasteiger partial charge in [-0.3, -0.25) is 4.79 Å². The molecule has 4 rings (SSSR count). The third-order valence-corrected chi connectivity index (χ3v) is 4.90. The molecule has 0 amide bonds. The second-order valence-electron chi connectivity index (χ2n) is 6.54. The molecule has 3 N–H and O–H groups in total. The highest BCUT2D eigenvalue weighted by atomic mass is 19.1. The number of rotatable bonds is 3. The SMILES string of the molecule is C[C@H]1[C@H](N)CN1c1nc2c(cc1F)c(=O)c(C(=O)O)cn2C1CC1. The molecule has 2 aromatic rings. The van der Waals surface area contributed by atoms with Crippen molar-refractivity contribution in [3.63, 3.8) is 0 Å². The Kier molecular flexibility index (Phi) is 3.14. The molecule has 126 valence electrons. The van der Waals surface area contributed by atoms with E-state index in [0.717, 1.165) is 18.9 Å². The molecule has 0 bridgehead atoms. The maximum atomic E-state index is 14.5. The number of nitrogens with zero attached hydrogens (tertiary/aromatic N) is 3. The molecule has 7 nitrogen and oxygen atoms in total. The summed E-state index contributed by atoms with van der Waals surface area (Å²) in [6.07, 6.45) is 3.09. The van der Waals surface area contributed by atoms with Crippen LogP contribution in [0.3, 0.4) is 0 Å². The summed E-state index contributed by atoms with van der Waals surface area (Å²) in [5, 5.41) is 9.23. The summed E-state index contributed by atoms with van der Waals surface area (Å²) in [5.41, 5.74) is 5.13. The number of halogens is 1. The van der Waals surface area contributed by atoms with Crippen LogP contribution in [0.1, 0.15) is 36.2 Å². The van der Waals surface area contributed by atoms with Crippen molar-refractivity contribution in [3.05, 3.63) is 33.9 Å². The summed E-state index contributed by atoms with van der Waals surface area (Å²) < 4.78 is 16.2. The van der Waals surface area contributed by atoms with Gasteiger partial charge in [0, 0.05) is 30.9 Å². The number of fused-ring (bicyclic) bond motifs is 1. The van der Waals surface area contributed by atoms with Crippen LogP contribution in [-0.2, 0) is 0 Å². The smallest absolute Gasteiger partial charge is 0.341 e. The Bertz CT molecular complexity index is 922. The number of aromatic nitrogens is 2. The Hall–Kier alpha value is -2.48. The lowest BCUT2D eigenvalue weighted by Crippen LogP contribution is -2.63. The van der Waals surface area contributed by atoms with Crippen molar-refractivity contribution < 1.29 is 14.3 Å². The van der Waals surface area contributed by atoms with E-state index in [2.05, 4.69) is 4.98 Å². The van der Waals surface area contributed by atoms with Crippen LogP contribution in [0, 0.1) is 5.82 Å². The van der Waals surface area contributed by atoms with Crippen LogP contribution in [0.2, 0.25) is 0 Å². The average Bonchev–Trinajstić information content (AvgIpc) is 3.37. The second kappa shape index (κ2) is 5.01. The van der Waals surface area contributed by atoms with E-state index >= 15 is 0 Å². The normalized spacial score (nSPS) is 23.4. The minimum Gasteiger partial charge on any atom is -0.477 e. The number of carboxylic acid groups (broad SMARTS) is 1. The monoisotopic (exact) mass is 332 g/mol. The van der Waals surface area contributed by atoms with Gasteiger partial charge in [-0.25, -0.2) is 14.2 Å². The number of carboxylic acids is 1. The molecule has 8 heteroatoms. The molecule has 0 spiro atoms. The van der Waals surface area contributed by atoms with Gasteiger partial charge in [0.25, 0.3) is 0 Å². The van der Waals surface area contributed by atoms with Crippen molar-refractivity contribution in [2.45, 2.75) is 37.9 Å². The first kappa shape index (κ1) is 15.1. The zero-order chi connectivity index (χ0) is 17.2. The molecule has 0 unspecified atom stereocenters. The van der Waals surface area contributed by atoms with E-state index < -0.39 is 17.2 Å². The molecular formula is C16H17FN4O3. The van der Waals surface area contributed by atoms with Crippen LogP contribution in [0.25, 0.3) is 11.0 Å². The van der Waals surface area contributed by atoms with Gasteiger partial charge >= 0.3 is 5.97 Å². The minimum atomic E-state index is -1.32. The van der Waals surface area contributed by atoms with E-state index in [-0.39, 0.29) is 34.9 Å². The summed E-state index contributed by atoms with van der Waals surface area (Å²) in [6.45, 7) is 2.39. The van der Waals surface area contributed by atoms with E-state index in [0.29, 0.717) is 12.2 Å². The number of pyridine rings is 2. The van der Waals surface area contributed by atoms with Gasteiger partial charge in [-0.15, -0.1) is 0 Å². The van der Waals surface area contributed by atoms with Crippen molar-refractivity contribution >= 4 is 22.8 Å². The van der Waals surface area contributed by atoms with Gasteiger partial charge in [0.1, 0.15) is 11.2 Å². The number of carbonyl (C=O) groups is 1. The van der Waals surface area contributed by atoms with Gasteiger partial charge in [-0.1, -0.05) is 0 Å². The minimum absolute atomic E-state index is 0.000486. The first-order valence-electron chi connectivity index (χ1n) is 7.89. The molecule has 2 aliphatic rings. The van der Waals surface area contributed by atoms with Gasteiger partial charge in [0.2, 0.25) is 5.43 Å². The first-order chi connectivity index (χ1) is 11.4. The van der Waals surface area contributed by atoms with Crippen molar-refractivity contribution in [1.29, 1.82) is 0 Å². The molecular weight excluding hydrogens is 315 g/mol. The van der Waals surface area contributed by atoms with Crippen molar-refractivity contribution in [2.24, 2.45) is 5.73 Å². The number of aromatic carboxylic acids is 1. The Morgan fingerprint density at radius 1 is 1.46 bits per heavy atom. The molecule has 24 heavy (non-hydrogen) atoms. The van der Waals surface area contributed by atoms with Gasteiger partial charge in [-0.05, 0) is 25.8 Å². The highest BCUT2D eigenvalue weighted by molar-refractivity contribution is 5.92. The lowest BCUT2D eigenvalue weighted by atomic mass is 9.99. The first-order valence-corrected chi connectivity index (χ1v) is 7.89. The van der Waals surface area contributed by atoms with Crippen LogP contribution >= 0.6 is 0 Å². The maximum Gasteiger partial charge on any atom is 0.341 e. The fourth-order valence-electron chi connectivity index (χ4n) is 3.14. The molecule has 2 fully saturated rings. The second-order valence-corrected chi connectivity index (χ2v) is 6.54. The van der Waals surface area contributed by atoms with E-state index in [1.165, 1.54) is 6.20 Å². The third-order valence-electron chi connectivity index (χ3n) is 4.90. The standard InChI is InChI=1S/C16H17FN4O3/c1-7-12(18)6-20(7)15-11(17)4-9-13(22)10(16(23)24)5-21(8-2-3-8)14(9)19-15/h4-5,7-8,12H,2-3,6,18H2,1H3,(H,23,24)/t7-,12+/m0/s1. The quantitative estimate of drug-likeness (QED) is 0.873. The lowest BCUT2D eigenvalue weighted by Gasteiger charge is -2.45. The van der Waals surface area contributed by atoms with Gasteiger partial charge < -0.3 is 20.3 Å². The van der Waals surface area contributed by atoms with E-state index in [9.17, 15) is 19.1 Å². The van der Waals surface area contributed by atoms with Gasteiger partial charge in [0.15, 0.2) is 11.6 Å². The molecule has 3 heterocycles. The van der Waals surface area contributed by atoms with Crippen LogP contribution in [-0.4, -0.2) is 39.3 Å². The zero-order valence-corrected chi connectivity index (χ0v) is 13.1. The largest absolute Gasteiger partial charge is 0.477 e. The average molecular weight is 332 g/mol. The summed E-state index contributed by atoms with van der Waals surface area (Å²) >= 11 is 0. The molecule has 1 aliphatic heterocycles. The predicted molar refractivity (Wildman–Crippen MR) is 86.0 cm³/mol. The topological polar surface area (TPSA) is 101 Å². The third kappa shape index (κ3) is 2.10. The molecule has 2 aromatic heterocycles. The van der Waals surface area contributed by atoms with Crippen LogP contribution in [0.5, 0.6) is 0 Å². The van der Waals surface area contributed by atoms with Crippen LogP contribution < -0.4 is 16.1 Å². The van der Waals surface area contributed by atoms with Crippen LogP contribution in [0.4, 0.5) is 10.2 Å². The highest BCUT2D eigenvalue weighted by Crippen LogP contribution is 2.37. The number of anilines is 1. The fourth-order valence-corrected chi connectivity index (χ4v) is 3.14. The summed E-state index contributed by atoms with van der Waals surface area (Å²) in [6, 6.07) is 1.13. The number of hydrogen-bond acceptors (Lipinski definition) is 5. The molecule has 2 atom stereocenters. The molecule has 0 radical (unpaired) electrons. The summed E-state index contributed by atoms with van der Waals surface area (Å²) in [4.78, 5) is 29.8. The van der Waals surface area contributed by atoms with Crippen molar-refractivity contribution in [1.82, 2.24) is 9.55 Å². The Balaban J connectivity index is 1.96. The van der Waals surface area contributed by atoms with E-state index in [4.69, 9.17) is 5.73 Å². The Labute approximate surface area is 136 Å². The molecule has 1 aliphatic carbocycles. The van der Waals surface area contributed by atoms with Crippen molar-refractivity contribution in [3.8, 4) is 0 Å². The lowest BCUT2D eigenvalue weighted by molar-refractivity contribution is 0.0695. The van der Waals surface area contributed by atoms with Crippen molar-refractivity contribution in [2.75, 3.05) is 11.4 Å². The number of nitrogens with two attached hydrogens (primary N) is 1. The van der Waals surface area contributed by atoms with E-state index in [1.807, 2.05) is 6.92 Å². The number of hydrogen-bond donors (Lipinski definition) is 2. The predicted octanol–water partition coefficient (Wildman–Crippen LogP) is 1.10. The molecule has 1 saturated carbocycles. The Morgan fingerprint density at radius 2 is 2.17 bits per heavy atom. The Morgan fingerprint density at radius 3 is 2.71 bits per heavy atom. The fraction of sp³-hybridized carbons (Fsp3) is 0.438. The summed E-state index contributed by atoms with van der Waals surface area (Å²) in [7, 11) is 0. The zero-order valence-electron chi connectivity index (χ0n) is 13.1. The molecule has 1 saturated heterocycles. The van der Waals surface area contributed by atoms with E-state index in [1.54, 1.807) is 9.47 Å².